The number of hydrogen-bond donors (Lipinski definition) is 1. The van der Waals surface area contributed by atoms with E-state index in [-0.39, 0.29) is 0 Å². The lowest BCUT2D eigenvalue weighted by molar-refractivity contribution is 0.315. The molecule has 0 unspecified atom stereocenters. The molecule has 0 saturated carbocycles. The maximum Gasteiger partial charge on any atom is 0.417 e. The van der Waals surface area contributed by atoms with Crippen molar-refractivity contribution < 1.29 is 9.15 Å². The molecule has 1 aliphatic heterocycles. The standard InChI is InChI=1S/C17H12BrN3O3/c18-10-7-12-15-14(8-10)23-5-1-4-21(15)16(19-12)9-2-3-13-11(6-9)20-17(22)24-13/h2-3,6-8H,1,4-5H2,(H,20,22). The maximum absolute atomic E-state index is 11.4. The Morgan fingerprint density at radius 2 is 2.17 bits per heavy atom. The minimum absolute atomic E-state index is 0.451. The van der Waals surface area contributed by atoms with Crippen molar-refractivity contribution in [2.75, 3.05) is 6.61 Å². The van der Waals surface area contributed by atoms with Gasteiger partial charge in [-0.3, -0.25) is 4.98 Å². The molecule has 2 aromatic heterocycles. The molecule has 3 heterocycles. The number of halogens is 1. The molecule has 0 radical (unpaired) electrons. The second kappa shape index (κ2) is 4.98. The molecule has 5 rings (SSSR count). The summed E-state index contributed by atoms with van der Waals surface area (Å²) in [5, 5.41) is 0. The van der Waals surface area contributed by atoms with Crippen molar-refractivity contribution >= 4 is 38.1 Å². The van der Waals surface area contributed by atoms with Crippen LogP contribution in [0, 0.1) is 0 Å². The third-order valence-corrected chi connectivity index (χ3v) is 4.69. The van der Waals surface area contributed by atoms with Gasteiger partial charge in [0.05, 0.1) is 17.6 Å². The molecule has 0 spiro atoms. The van der Waals surface area contributed by atoms with Crippen molar-refractivity contribution in [3.8, 4) is 17.1 Å². The van der Waals surface area contributed by atoms with E-state index in [0.29, 0.717) is 17.7 Å². The Balaban J connectivity index is 1.81. The monoisotopic (exact) mass is 385 g/mol. The highest BCUT2D eigenvalue weighted by Crippen LogP contribution is 2.36. The first-order valence-corrected chi connectivity index (χ1v) is 8.44. The fraction of sp³-hybridized carbons (Fsp3) is 0.176. The Morgan fingerprint density at radius 3 is 3.08 bits per heavy atom. The van der Waals surface area contributed by atoms with E-state index in [1.807, 2.05) is 24.3 Å². The zero-order valence-electron chi connectivity index (χ0n) is 12.5. The molecule has 1 N–H and O–H groups in total. The molecular weight excluding hydrogens is 374 g/mol. The van der Waals surface area contributed by atoms with Crippen molar-refractivity contribution in [3.63, 3.8) is 0 Å². The Morgan fingerprint density at radius 1 is 1.25 bits per heavy atom. The smallest absolute Gasteiger partial charge is 0.417 e. The minimum atomic E-state index is -0.451. The number of benzene rings is 2. The number of fused-ring (bicyclic) bond motifs is 1. The van der Waals surface area contributed by atoms with Gasteiger partial charge in [0, 0.05) is 16.6 Å². The summed E-state index contributed by atoms with van der Waals surface area (Å²) in [6, 6.07) is 9.58. The first-order chi connectivity index (χ1) is 11.7. The number of oxazole rings is 1. The van der Waals surface area contributed by atoms with Crippen molar-refractivity contribution in [3.05, 3.63) is 45.4 Å². The van der Waals surface area contributed by atoms with Crippen molar-refractivity contribution in [1.29, 1.82) is 0 Å². The summed E-state index contributed by atoms with van der Waals surface area (Å²) in [7, 11) is 0. The van der Waals surface area contributed by atoms with Crippen LogP contribution in [0.5, 0.6) is 5.75 Å². The highest BCUT2D eigenvalue weighted by atomic mass is 79.9. The lowest BCUT2D eigenvalue weighted by atomic mass is 10.2. The van der Waals surface area contributed by atoms with Crippen LogP contribution in [-0.4, -0.2) is 21.1 Å². The summed E-state index contributed by atoms with van der Waals surface area (Å²) in [5.41, 5.74) is 4.04. The average Bonchev–Trinajstić information content (AvgIpc) is 3.02. The van der Waals surface area contributed by atoms with E-state index in [0.717, 1.165) is 45.6 Å². The Labute approximate surface area is 144 Å². The second-order valence-corrected chi connectivity index (χ2v) is 6.70. The van der Waals surface area contributed by atoms with Crippen LogP contribution in [0.15, 0.2) is 44.0 Å². The van der Waals surface area contributed by atoms with Gasteiger partial charge in [-0.05, 0) is 36.8 Å². The summed E-state index contributed by atoms with van der Waals surface area (Å²) < 4.78 is 14.1. The van der Waals surface area contributed by atoms with Crippen LogP contribution in [-0.2, 0) is 6.54 Å². The lowest BCUT2D eigenvalue weighted by Crippen LogP contribution is -2.01. The van der Waals surface area contributed by atoms with Gasteiger partial charge < -0.3 is 13.7 Å². The SMILES string of the molecule is O=c1[nH]c2cc(-c3nc4cc(Br)cc5c4n3CCCO5)ccc2o1. The number of ether oxygens (including phenoxy) is 1. The molecular formula is C17H12BrN3O3. The number of H-pyrrole nitrogens is 1. The van der Waals surface area contributed by atoms with Gasteiger partial charge in [-0.2, -0.15) is 0 Å². The number of rotatable bonds is 1. The number of nitrogens with one attached hydrogen (secondary N) is 1. The normalized spacial score (nSPS) is 14.0. The van der Waals surface area contributed by atoms with Gasteiger partial charge in [-0.25, -0.2) is 9.78 Å². The second-order valence-electron chi connectivity index (χ2n) is 5.79. The Kier molecular flexibility index (Phi) is 2.87. The topological polar surface area (TPSA) is 73.0 Å². The van der Waals surface area contributed by atoms with E-state index in [2.05, 4.69) is 25.5 Å². The lowest BCUT2D eigenvalue weighted by Gasteiger charge is -2.07. The van der Waals surface area contributed by atoms with Gasteiger partial charge in [0.25, 0.3) is 0 Å². The van der Waals surface area contributed by atoms with E-state index < -0.39 is 5.76 Å². The molecule has 0 atom stereocenters. The Hall–Kier alpha value is -2.54. The van der Waals surface area contributed by atoms with E-state index >= 15 is 0 Å². The average molecular weight is 386 g/mol. The molecule has 6 nitrogen and oxygen atoms in total. The molecule has 0 amide bonds. The van der Waals surface area contributed by atoms with Crippen molar-refractivity contribution in [2.45, 2.75) is 13.0 Å². The van der Waals surface area contributed by atoms with E-state index in [4.69, 9.17) is 14.1 Å². The summed E-state index contributed by atoms with van der Waals surface area (Å²) in [6.07, 6.45) is 0.912. The minimum Gasteiger partial charge on any atom is -0.491 e. The fourth-order valence-electron chi connectivity index (χ4n) is 3.24. The third kappa shape index (κ3) is 2.01. The molecule has 24 heavy (non-hydrogen) atoms. The predicted molar refractivity (Wildman–Crippen MR) is 93.4 cm³/mol. The molecule has 2 aromatic carbocycles. The zero-order valence-corrected chi connectivity index (χ0v) is 14.1. The van der Waals surface area contributed by atoms with Crippen LogP contribution in [0.4, 0.5) is 0 Å². The van der Waals surface area contributed by atoms with Gasteiger partial charge >= 0.3 is 5.76 Å². The molecule has 0 fully saturated rings. The van der Waals surface area contributed by atoms with Crippen LogP contribution < -0.4 is 10.5 Å². The fourth-order valence-corrected chi connectivity index (χ4v) is 3.67. The van der Waals surface area contributed by atoms with Gasteiger partial charge in [0.15, 0.2) is 5.58 Å². The van der Waals surface area contributed by atoms with E-state index in [1.54, 1.807) is 6.07 Å². The highest BCUT2D eigenvalue weighted by molar-refractivity contribution is 9.10. The summed E-state index contributed by atoms with van der Waals surface area (Å²) >= 11 is 3.52. The summed E-state index contributed by atoms with van der Waals surface area (Å²) in [6.45, 7) is 1.52. The van der Waals surface area contributed by atoms with Crippen LogP contribution in [0.25, 0.3) is 33.5 Å². The van der Waals surface area contributed by atoms with Crippen LogP contribution >= 0.6 is 15.9 Å². The molecule has 0 bridgehead atoms. The van der Waals surface area contributed by atoms with Gasteiger partial charge in [0.1, 0.15) is 17.1 Å². The predicted octanol–water partition coefficient (Wildman–Crippen LogP) is 3.68. The van der Waals surface area contributed by atoms with Crippen molar-refractivity contribution in [2.24, 2.45) is 0 Å². The quantitative estimate of drug-likeness (QED) is 0.542. The molecule has 0 aliphatic carbocycles. The highest BCUT2D eigenvalue weighted by Gasteiger charge is 2.20. The molecule has 7 heteroatoms. The number of nitrogens with zero attached hydrogens (tertiary/aromatic N) is 2. The van der Waals surface area contributed by atoms with Crippen LogP contribution in [0.1, 0.15) is 6.42 Å². The van der Waals surface area contributed by atoms with Crippen LogP contribution in [0.2, 0.25) is 0 Å². The molecule has 4 aromatic rings. The maximum atomic E-state index is 11.4. The van der Waals surface area contributed by atoms with E-state index in [9.17, 15) is 4.79 Å². The number of aryl methyl sites for hydroxylation is 1. The third-order valence-electron chi connectivity index (χ3n) is 4.23. The zero-order chi connectivity index (χ0) is 16.3. The number of aromatic nitrogens is 3. The van der Waals surface area contributed by atoms with Gasteiger partial charge in [-0.15, -0.1) is 0 Å². The van der Waals surface area contributed by atoms with Gasteiger partial charge in [0.2, 0.25) is 0 Å². The summed E-state index contributed by atoms with van der Waals surface area (Å²) in [5.74, 6) is 1.25. The first-order valence-electron chi connectivity index (χ1n) is 7.65. The Bertz CT molecular complexity index is 1160. The molecule has 0 saturated heterocycles. The largest absolute Gasteiger partial charge is 0.491 e. The molecule has 120 valence electrons. The number of imidazole rings is 1. The number of aromatic amines is 1. The van der Waals surface area contributed by atoms with Gasteiger partial charge in [-0.1, -0.05) is 15.9 Å². The summed E-state index contributed by atoms with van der Waals surface area (Å²) in [4.78, 5) is 18.9. The molecule has 1 aliphatic rings. The van der Waals surface area contributed by atoms with Crippen LogP contribution in [0.3, 0.4) is 0 Å². The van der Waals surface area contributed by atoms with Crippen molar-refractivity contribution in [1.82, 2.24) is 14.5 Å². The van der Waals surface area contributed by atoms with E-state index in [1.165, 1.54) is 0 Å². The first kappa shape index (κ1) is 13.9. The number of hydrogen-bond acceptors (Lipinski definition) is 4.